The Balaban J connectivity index is 2.11. The molecule has 0 amide bonds. The van der Waals surface area contributed by atoms with Gasteiger partial charge in [-0.3, -0.25) is 9.82 Å². The van der Waals surface area contributed by atoms with Gasteiger partial charge in [-0.05, 0) is 35.9 Å². The maximum atomic E-state index is 13.5. The third-order valence-corrected chi connectivity index (χ3v) is 6.60. The van der Waals surface area contributed by atoms with Crippen LogP contribution >= 0.6 is 0 Å². The van der Waals surface area contributed by atoms with Crippen LogP contribution in [0.15, 0.2) is 64.7 Å². The van der Waals surface area contributed by atoms with Crippen molar-refractivity contribution in [1.29, 1.82) is 0 Å². The normalized spacial score (nSPS) is 13.1. The molecule has 1 N–H and O–H groups in total. The molecule has 0 atom stereocenters. The van der Waals surface area contributed by atoms with Crippen LogP contribution in [0.25, 0.3) is 11.1 Å². The summed E-state index contributed by atoms with van der Waals surface area (Å²) >= 11 is 0. The zero-order valence-electron chi connectivity index (χ0n) is 18.6. The van der Waals surface area contributed by atoms with Crippen LogP contribution in [0.1, 0.15) is 18.2 Å². The molecule has 2 aromatic heterocycles. The van der Waals surface area contributed by atoms with Gasteiger partial charge in [0, 0.05) is 23.5 Å². The molecule has 1 aromatic carbocycles. The SMILES string of the molecule is CCS(=O)(=O)c1cc(-c2ccc(F)cc2)cnc1C(=Nc1ccc(C(F)(F)C(F)(F)F)cn1)NOC. The van der Waals surface area contributed by atoms with Gasteiger partial charge in [-0.2, -0.15) is 22.0 Å². The third kappa shape index (κ3) is 5.65. The number of hydrogen-bond donors (Lipinski definition) is 1. The molecule has 0 fully saturated rings. The lowest BCUT2D eigenvalue weighted by Gasteiger charge is -2.19. The molecular formula is C22H18F6N4O3S. The number of hydroxylamine groups is 1. The van der Waals surface area contributed by atoms with Crippen LogP contribution in [-0.4, -0.2) is 43.3 Å². The van der Waals surface area contributed by atoms with Gasteiger partial charge in [0.2, 0.25) is 0 Å². The zero-order chi connectivity index (χ0) is 26.7. The largest absolute Gasteiger partial charge is 0.458 e. The summed E-state index contributed by atoms with van der Waals surface area (Å²) in [6.45, 7) is 1.39. The Morgan fingerprint density at radius 2 is 1.67 bits per heavy atom. The summed E-state index contributed by atoms with van der Waals surface area (Å²) in [5, 5.41) is 0. The van der Waals surface area contributed by atoms with Crippen molar-refractivity contribution in [2.24, 2.45) is 4.99 Å². The number of nitrogens with zero attached hydrogens (tertiary/aromatic N) is 3. The summed E-state index contributed by atoms with van der Waals surface area (Å²) in [6.07, 6.45) is -4.21. The van der Waals surface area contributed by atoms with Crippen LogP contribution < -0.4 is 5.48 Å². The number of benzene rings is 1. The van der Waals surface area contributed by atoms with Crippen LogP contribution in [0.5, 0.6) is 0 Å². The number of sulfone groups is 1. The quantitative estimate of drug-likeness (QED) is 0.200. The van der Waals surface area contributed by atoms with Gasteiger partial charge >= 0.3 is 12.1 Å². The van der Waals surface area contributed by atoms with E-state index < -0.39 is 33.3 Å². The molecular weight excluding hydrogens is 514 g/mol. The summed E-state index contributed by atoms with van der Waals surface area (Å²) < 4.78 is 104. The molecule has 0 aliphatic heterocycles. The van der Waals surface area contributed by atoms with Gasteiger partial charge < -0.3 is 0 Å². The van der Waals surface area contributed by atoms with Gasteiger partial charge in [0.25, 0.3) is 0 Å². The molecule has 0 saturated heterocycles. The molecule has 3 rings (SSSR count). The van der Waals surface area contributed by atoms with Crippen molar-refractivity contribution in [3.05, 3.63) is 71.9 Å². The Morgan fingerprint density at radius 3 is 2.19 bits per heavy atom. The Bertz CT molecular complexity index is 1360. The Labute approximate surface area is 201 Å². The maximum Gasteiger partial charge on any atom is 0.458 e. The predicted molar refractivity (Wildman–Crippen MR) is 118 cm³/mol. The summed E-state index contributed by atoms with van der Waals surface area (Å²) in [7, 11) is -2.75. The molecule has 0 spiro atoms. The van der Waals surface area contributed by atoms with Gasteiger partial charge in [-0.15, -0.1) is 0 Å². The van der Waals surface area contributed by atoms with E-state index in [1.807, 2.05) is 0 Å². The molecule has 0 radical (unpaired) electrons. The van der Waals surface area contributed by atoms with E-state index in [1.165, 1.54) is 50.6 Å². The lowest BCUT2D eigenvalue weighted by molar-refractivity contribution is -0.289. The van der Waals surface area contributed by atoms with Crippen LogP contribution in [-0.2, 0) is 20.6 Å². The molecule has 7 nitrogen and oxygen atoms in total. The second-order valence-corrected chi connectivity index (χ2v) is 9.47. The number of nitrogens with one attached hydrogen (secondary N) is 1. The molecule has 0 bridgehead atoms. The molecule has 2 heterocycles. The Hall–Kier alpha value is -3.52. The highest BCUT2D eigenvalue weighted by atomic mass is 32.2. The number of pyridine rings is 2. The fourth-order valence-electron chi connectivity index (χ4n) is 2.95. The van der Waals surface area contributed by atoms with Crippen molar-refractivity contribution in [2.75, 3.05) is 12.9 Å². The smallest absolute Gasteiger partial charge is 0.278 e. The molecule has 0 unspecified atom stereocenters. The lowest BCUT2D eigenvalue weighted by atomic mass is 10.1. The van der Waals surface area contributed by atoms with E-state index in [1.54, 1.807) is 0 Å². The lowest BCUT2D eigenvalue weighted by Crippen LogP contribution is -2.33. The van der Waals surface area contributed by atoms with Crippen molar-refractivity contribution >= 4 is 21.5 Å². The van der Waals surface area contributed by atoms with E-state index in [-0.39, 0.29) is 28.0 Å². The first-order chi connectivity index (χ1) is 16.8. The highest BCUT2D eigenvalue weighted by Gasteiger charge is 2.58. The number of rotatable bonds is 7. The summed E-state index contributed by atoms with van der Waals surface area (Å²) in [5.74, 6) is -6.59. The number of aliphatic imine (C=N–C) groups is 1. The minimum Gasteiger partial charge on any atom is -0.278 e. The highest BCUT2D eigenvalue weighted by molar-refractivity contribution is 7.91. The first-order valence-electron chi connectivity index (χ1n) is 10.1. The van der Waals surface area contributed by atoms with E-state index >= 15 is 0 Å². The monoisotopic (exact) mass is 532 g/mol. The van der Waals surface area contributed by atoms with E-state index in [2.05, 4.69) is 20.4 Å². The average molecular weight is 532 g/mol. The molecule has 0 saturated carbocycles. The fourth-order valence-corrected chi connectivity index (χ4v) is 4.01. The Morgan fingerprint density at radius 1 is 1.00 bits per heavy atom. The number of alkyl halides is 5. The molecule has 0 aliphatic rings. The third-order valence-electron chi connectivity index (χ3n) is 4.86. The Kier molecular flexibility index (Phi) is 7.69. The van der Waals surface area contributed by atoms with E-state index in [0.29, 0.717) is 23.4 Å². The summed E-state index contributed by atoms with van der Waals surface area (Å²) in [4.78, 5) is 16.2. The molecule has 36 heavy (non-hydrogen) atoms. The van der Waals surface area contributed by atoms with Gasteiger partial charge in [0.15, 0.2) is 21.5 Å². The predicted octanol–water partition coefficient (Wildman–Crippen LogP) is 4.96. The minimum absolute atomic E-state index is 0.226. The number of amidine groups is 1. The maximum absolute atomic E-state index is 13.5. The molecule has 0 aliphatic carbocycles. The molecule has 192 valence electrons. The van der Waals surface area contributed by atoms with Gasteiger partial charge in [-0.25, -0.2) is 28.3 Å². The standard InChI is InChI=1S/C22H18F6N4O3S/c1-3-36(33,34)17-10-14(13-4-7-16(23)8-5-13)11-30-19(17)20(32-35-2)31-18-9-6-15(12-29-18)21(24,25)22(26,27)28/h4-12H,3H2,1-2H3,(H,29,31,32). The van der Waals surface area contributed by atoms with Gasteiger partial charge in [-0.1, -0.05) is 19.1 Å². The van der Waals surface area contributed by atoms with E-state index in [4.69, 9.17) is 4.84 Å². The van der Waals surface area contributed by atoms with Crippen molar-refractivity contribution in [3.8, 4) is 11.1 Å². The van der Waals surface area contributed by atoms with Gasteiger partial charge in [0.1, 0.15) is 11.5 Å². The number of hydrogen-bond acceptors (Lipinski definition) is 6. The van der Waals surface area contributed by atoms with Crippen molar-refractivity contribution in [2.45, 2.75) is 23.9 Å². The summed E-state index contributed by atoms with van der Waals surface area (Å²) in [5.41, 5.74) is 1.52. The fraction of sp³-hybridized carbons (Fsp3) is 0.227. The van der Waals surface area contributed by atoms with Crippen molar-refractivity contribution < 1.29 is 39.6 Å². The number of halogens is 6. The van der Waals surface area contributed by atoms with E-state index in [9.17, 15) is 34.8 Å². The van der Waals surface area contributed by atoms with Crippen LogP contribution in [0, 0.1) is 5.82 Å². The molecule has 3 aromatic rings. The van der Waals surface area contributed by atoms with Crippen LogP contribution in [0.4, 0.5) is 32.2 Å². The second-order valence-electron chi connectivity index (χ2n) is 7.22. The van der Waals surface area contributed by atoms with Crippen LogP contribution in [0.2, 0.25) is 0 Å². The second kappa shape index (κ2) is 10.2. The molecule has 14 heteroatoms. The minimum atomic E-state index is -5.82. The van der Waals surface area contributed by atoms with E-state index in [0.717, 1.165) is 6.07 Å². The van der Waals surface area contributed by atoms with Crippen molar-refractivity contribution in [1.82, 2.24) is 15.4 Å². The average Bonchev–Trinajstić information content (AvgIpc) is 2.83. The zero-order valence-corrected chi connectivity index (χ0v) is 19.5. The van der Waals surface area contributed by atoms with Crippen molar-refractivity contribution in [3.63, 3.8) is 0 Å². The number of aromatic nitrogens is 2. The summed E-state index contributed by atoms with van der Waals surface area (Å²) in [6, 6.07) is 7.83. The highest BCUT2D eigenvalue weighted by Crippen LogP contribution is 2.43. The van der Waals surface area contributed by atoms with Gasteiger partial charge in [0.05, 0.1) is 17.8 Å². The van der Waals surface area contributed by atoms with Crippen LogP contribution in [0.3, 0.4) is 0 Å². The topological polar surface area (TPSA) is 93.5 Å². The first kappa shape index (κ1) is 27.1. The first-order valence-corrected chi connectivity index (χ1v) is 11.7.